The average molecular weight is 868 g/mol. The molecule has 318 valence electrons. The summed E-state index contributed by atoms with van der Waals surface area (Å²) < 4.78 is 4.84. The van der Waals surface area contributed by atoms with E-state index in [1.807, 2.05) is 12.1 Å². The summed E-state index contributed by atoms with van der Waals surface area (Å²) in [5.74, 6) is 1.80. The molecule has 5 heteroatoms. The van der Waals surface area contributed by atoms with Gasteiger partial charge >= 0.3 is 0 Å². The first-order chi connectivity index (χ1) is 33.7. The monoisotopic (exact) mass is 867 g/mol. The molecule has 3 heterocycles. The molecular formula is C63H41N5. The summed E-state index contributed by atoms with van der Waals surface area (Å²) in [6.07, 6.45) is 0. The summed E-state index contributed by atoms with van der Waals surface area (Å²) in [5, 5.41) is 4.83. The third-order valence-corrected chi connectivity index (χ3v) is 13.2. The minimum Gasteiger partial charge on any atom is -0.309 e. The van der Waals surface area contributed by atoms with Crippen LogP contribution in [0.4, 0.5) is 0 Å². The van der Waals surface area contributed by atoms with Crippen LogP contribution in [0, 0.1) is 0 Å². The summed E-state index contributed by atoms with van der Waals surface area (Å²) in [4.78, 5) is 15.9. The lowest BCUT2D eigenvalue weighted by Crippen LogP contribution is -2.02. The molecule has 5 nitrogen and oxygen atoms in total. The van der Waals surface area contributed by atoms with Gasteiger partial charge < -0.3 is 9.13 Å². The van der Waals surface area contributed by atoms with Crippen LogP contribution in [0.5, 0.6) is 0 Å². The Hall–Kier alpha value is -9.19. The summed E-state index contributed by atoms with van der Waals surface area (Å²) in [6, 6.07) is 88.2. The molecule has 0 aliphatic heterocycles. The van der Waals surface area contributed by atoms with Crippen molar-refractivity contribution in [1.29, 1.82) is 0 Å². The third-order valence-electron chi connectivity index (χ3n) is 13.2. The maximum absolute atomic E-state index is 5.35. The molecule has 3 aromatic heterocycles. The van der Waals surface area contributed by atoms with E-state index in [4.69, 9.17) is 15.0 Å². The van der Waals surface area contributed by atoms with E-state index in [0.29, 0.717) is 17.5 Å². The number of aromatic nitrogens is 5. The molecule has 0 N–H and O–H groups in total. The maximum Gasteiger partial charge on any atom is 0.164 e. The molecule has 0 atom stereocenters. The second-order valence-corrected chi connectivity index (χ2v) is 17.2. The Balaban J connectivity index is 1.04. The van der Waals surface area contributed by atoms with E-state index in [1.165, 1.54) is 32.6 Å². The Kier molecular flexibility index (Phi) is 9.43. The van der Waals surface area contributed by atoms with Gasteiger partial charge in [0.15, 0.2) is 17.5 Å². The Bertz CT molecular complexity index is 3950. The van der Waals surface area contributed by atoms with Crippen molar-refractivity contribution in [3.63, 3.8) is 0 Å². The maximum atomic E-state index is 5.35. The highest BCUT2D eigenvalue weighted by Crippen LogP contribution is 2.41. The first kappa shape index (κ1) is 39.2. The van der Waals surface area contributed by atoms with Crippen molar-refractivity contribution in [2.45, 2.75) is 0 Å². The van der Waals surface area contributed by atoms with Gasteiger partial charge in [0.05, 0.1) is 27.8 Å². The number of rotatable bonds is 8. The van der Waals surface area contributed by atoms with Crippen molar-refractivity contribution in [1.82, 2.24) is 24.1 Å². The predicted octanol–water partition coefficient (Wildman–Crippen LogP) is 16.1. The van der Waals surface area contributed by atoms with Crippen molar-refractivity contribution in [3.05, 3.63) is 249 Å². The topological polar surface area (TPSA) is 48.5 Å². The zero-order valence-corrected chi connectivity index (χ0v) is 36.9. The lowest BCUT2D eigenvalue weighted by atomic mass is 10.0. The number of nitrogens with zero attached hydrogens (tertiary/aromatic N) is 5. The van der Waals surface area contributed by atoms with E-state index in [2.05, 4.69) is 246 Å². The Morgan fingerprint density at radius 3 is 1.26 bits per heavy atom. The van der Waals surface area contributed by atoms with E-state index in [1.54, 1.807) is 0 Å². The number of benzene rings is 10. The third kappa shape index (κ3) is 6.76. The van der Waals surface area contributed by atoms with Crippen LogP contribution >= 0.6 is 0 Å². The van der Waals surface area contributed by atoms with Crippen molar-refractivity contribution >= 4 is 43.6 Å². The van der Waals surface area contributed by atoms with Crippen LogP contribution in [0.25, 0.3) is 123 Å². The van der Waals surface area contributed by atoms with Gasteiger partial charge in [-0.15, -0.1) is 0 Å². The summed E-state index contributed by atoms with van der Waals surface area (Å²) in [7, 11) is 0. The first-order valence-electron chi connectivity index (χ1n) is 23.0. The van der Waals surface area contributed by atoms with E-state index < -0.39 is 0 Å². The fourth-order valence-electron chi connectivity index (χ4n) is 9.99. The second kappa shape index (κ2) is 16.4. The van der Waals surface area contributed by atoms with Gasteiger partial charge in [-0.25, -0.2) is 15.0 Å². The Labute approximate surface area is 393 Å². The van der Waals surface area contributed by atoms with Gasteiger partial charge in [-0.2, -0.15) is 0 Å². The molecule has 0 unspecified atom stereocenters. The molecule has 68 heavy (non-hydrogen) atoms. The lowest BCUT2D eigenvalue weighted by molar-refractivity contribution is 1.07. The SMILES string of the molecule is c1ccc(-c2ccc(-c3nc(-c4cccc(-c5ccccc5)c4)nc(-c4cc(-c5ccccc5)cc(-n5c6ccccc6c6c(-n7c8ccccc8c8ccccc87)cccc65)c4)n3)cc2)cc1. The lowest BCUT2D eigenvalue weighted by Gasteiger charge is -2.15. The number of fused-ring (bicyclic) bond motifs is 6. The van der Waals surface area contributed by atoms with E-state index in [9.17, 15) is 0 Å². The standard InChI is InChI=1S/C63H41N5/c1-4-18-42(19-5-1)45-34-36-46(37-35-45)61-64-62(48-25-16-24-47(38-48)43-20-6-2-7-21-43)66-63(65-61)50-39-49(44-22-8-3-9-23-44)40-51(41-50)67-57-31-15-12-28-54(57)60-58(67)32-17-33-59(60)68-55-29-13-10-26-52(55)53-27-11-14-30-56(53)68/h1-41H. The van der Waals surface area contributed by atoms with Crippen molar-refractivity contribution in [2.24, 2.45) is 0 Å². The van der Waals surface area contributed by atoms with Gasteiger partial charge in [0.25, 0.3) is 0 Å². The van der Waals surface area contributed by atoms with Crippen LogP contribution in [0.1, 0.15) is 0 Å². The molecule has 13 rings (SSSR count). The van der Waals surface area contributed by atoms with Crippen LogP contribution < -0.4 is 0 Å². The largest absolute Gasteiger partial charge is 0.309 e. The molecule has 0 bridgehead atoms. The van der Waals surface area contributed by atoms with Gasteiger partial charge in [0.1, 0.15) is 0 Å². The van der Waals surface area contributed by atoms with E-state index in [0.717, 1.165) is 72.5 Å². The second-order valence-electron chi connectivity index (χ2n) is 17.2. The summed E-state index contributed by atoms with van der Waals surface area (Å²) in [5.41, 5.74) is 16.1. The smallest absolute Gasteiger partial charge is 0.164 e. The molecule has 10 aromatic carbocycles. The number of hydrogen-bond donors (Lipinski definition) is 0. The highest BCUT2D eigenvalue weighted by Gasteiger charge is 2.21. The van der Waals surface area contributed by atoms with Crippen molar-refractivity contribution < 1.29 is 0 Å². The quantitative estimate of drug-likeness (QED) is 0.153. The molecule has 0 aliphatic carbocycles. The Morgan fingerprint density at radius 2 is 0.632 bits per heavy atom. The van der Waals surface area contributed by atoms with Crippen LogP contribution in [-0.2, 0) is 0 Å². The number of para-hydroxylation sites is 3. The van der Waals surface area contributed by atoms with Gasteiger partial charge in [-0.05, 0) is 88.0 Å². The van der Waals surface area contributed by atoms with E-state index >= 15 is 0 Å². The molecule has 13 aromatic rings. The normalized spacial score (nSPS) is 11.5. The van der Waals surface area contributed by atoms with Crippen LogP contribution in [0.3, 0.4) is 0 Å². The predicted molar refractivity (Wildman–Crippen MR) is 281 cm³/mol. The highest BCUT2D eigenvalue weighted by atomic mass is 15.0. The van der Waals surface area contributed by atoms with Crippen LogP contribution in [0.15, 0.2) is 249 Å². The summed E-state index contributed by atoms with van der Waals surface area (Å²) in [6.45, 7) is 0. The van der Waals surface area contributed by atoms with Gasteiger partial charge in [0, 0.05) is 43.9 Å². The zero-order chi connectivity index (χ0) is 45.0. The average Bonchev–Trinajstić information content (AvgIpc) is 3.95. The molecule has 0 amide bonds. The van der Waals surface area contributed by atoms with Crippen molar-refractivity contribution in [3.8, 4) is 78.9 Å². The molecule has 0 fully saturated rings. The minimum absolute atomic E-state index is 0.591. The fraction of sp³-hybridized carbons (Fsp3) is 0. The van der Waals surface area contributed by atoms with Gasteiger partial charge in [-0.3, -0.25) is 0 Å². The van der Waals surface area contributed by atoms with Crippen LogP contribution in [0.2, 0.25) is 0 Å². The zero-order valence-electron chi connectivity index (χ0n) is 36.9. The van der Waals surface area contributed by atoms with E-state index in [-0.39, 0.29) is 0 Å². The fourth-order valence-corrected chi connectivity index (χ4v) is 9.99. The molecular weight excluding hydrogens is 827 g/mol. The Morgan fingerprint density at radius 1 is 0.235 bits per heavy atom. The molecule has 0 saturated carbocycles. The van der Waals surface area contributed by atoms with Gasteiger partial charge in [-0.1, -0.05) is 194 Å². The van der Waals surface area contributed by atoms with Crippen molar-refractivity contribution in [2.75, 3.05) is 0 Å². The molecule has 0 saturated heterocycles. The number of hydrogen-bond acceptors (Lipinski definition) is 3. The summed E-state index contributed by atoms with van der Waals surface area (Å²) >= 11 is 0. The minimum atomic E-state index is 0.591. The first-order valence-corrected chi connectivity index (χ1v) is 23.0. The van der Waals surface area contributed by atoms with Gasteiger partial charge in [0.2, 0.25) is 0 Å². The molecule has 0 radical (unpaired) electrons. The highest BCUT2D eigenvalue weighted by molar-refractivity contribution is 6.16. The molecule has 0 aliphatic rings. The van der Waals surface area contributed by atoms with Crippen LogP contribution in [-0.4, -0.2) is 24.1 Å². The molecule has 0 spiro atoms.